The van der Waals surface area contributed by atoms with Crippen molar-refractivity contribution in [1.29, 1.82) is 5.26 Å². The van der Waals surface area contributed by atoms with Crippen molar-refractivity contribution in [2.75, 3.05) is 6.61 Å². The molecule has 134 valence electrons. The van der Waals surface area contributed by atoms with Crippen molar-refractivity contribution in [3.05, 3.63) is 65.3 Å². The van der Waals surface area contributed by atoms with E-state index >= 15 is 0 Å². The molecule has 0 amide bonds. The van der Waals surface area contributed by atoms with Crippen molar-refractivity contribution >= 4 is 5.78 Å². The third-order valence-corrected chi connectivity index (χ3v) is 4.66. The number of nitriles is 1. The highest BCUT2D eigenvalue weighted by Crippen LogP contribution is 2.47. The summed E-state index contributed by atoms with van der Waals surface area (Å²) in [6.07, 6.45) is 2.71. The summed E-state index contributed by atoms with van der Waals surface area (Å²) < 4.78 is 11.2. The number of allylic oxidation sites excluding steroid dienone is 3. The molecular weight excluding hydrogens is 328 g/mol. The zero-order valence-electron chi connectivity index (χ0n) is 15.0. The molecule has 0 bridgehead atoms. The van der Waals surface area contributed by atoms with Crippen LogP contribution in [0.25, 0.3) is 0 Å². The maximum Gasteiger partial charge on any atom is 0.205 e. The van der Waals surface area contributed by atoms with Crippen LogP contribution in [0, 0.1) is 16.7 Å². The van der Waals surface area contributed by atoms with Gasteiger partial charge in [0.05, 0.1) is 5.92 Å². The summed E-state index contributed by atoms with van der Waals surface area (Å²) in [7, 11) is 0. The maximum absolute atomic E-state index is 12.9. The molecule has 26 heavy (non-hydrogen) atoms. The molecule has 0 saturated carbocycles. The summed E-state index contributed by atoms with van der Waals surface area (Å²) in [6, 6.07) is 9.47. The Hall–Kier alpha value is -3.00. The summed E-state index contributed by atoms with van der Waals surface area (Å²) in [6.45, 7) is 8.09. The molecule has 0 aromatic heterocycles. The first-order chi connectivity index (χ1) is 12.4. The van der Waals surface area contributed by atoms with Crippen LogP contribution >= 0.6 is 0 Å². The summed E-state index contributed by atoms with van der Waals surface area (Å²) in [4.78, 5) is 12.9. The number of ether oxygens (including phenoxy) is 2. The lowest BCUT2D eigenvalue weighted by atomic mass is 9.70. The normalized spacial score (nSPS) is 21.6. The first-order valence-electron chi connectivity index (χ1n) is 8.54. The first kappa shape index (κ1) is 17.8. The molecule has 2 N–H and O–H groups in total. The van der Waals surface area contributed by atoms with Crippen molar-refractivity contribution < 1.29 is 14.3 Å². The number of carbonyl (C=O) groups excluding carboxylic acids is 1. The fraction of sp³-hybridized carbons (Fsp3) is 0.333. The number of nitrogens with two attached hydrogens (primary N) is 1. The van der Waals surface area contributed by atoms with Gasteiger partial charge in [-0.05, 0) is 23.1 Å². The first-order valence-corrected chi connectivity index (χ1v) is 8.54. The molecule has 5 nitrogen and oxygen atoms in total. The Morgan fingerprint density at radius 3 is 2.69 bits per heavy atom. The highest BCUT2D eigenvalue weighted by molar-refractivity contribution is 6.00. The minimum Gasteiger partial charge on any atom is -0.490 e. The zero-order chi connectivity index (χ0) is 18.9. The smallest absolute Gasteiger partial charge is 0.205 e. The standard InChI is InChI=1S/C21H22N2O3/c1-4-9-25-14-7-5-13(6-8-14)18-15(12-22)20(23)26-17-11-21(2,3)10-16(24)19(17)18/h4-8,18H,1,9-11,23H2,2-3H3/t18-/m1/s1. The van der Waals surface area contributed by atoms with Gasteiger partial charge in [0.1, 0.15) is 29.8 Å². The minimum absolute atomic E-state index is 0.00786. The molecule has 5 heteroatoms. The Morgan fingerprint density at radius 1 is 1.38 bits per heavy atom. The van der Waals surface area contributed by atoms with Crippen LogP contribution in [0.4, 0.5) is 0 Å². The topological polar surface area (TPSA) is 85.3 Å². The predicted octanol–water partition coefficient (Wildman–Crippen LogP) is 3.70. The number of benzene rings is 1. The number of hydrogen-bond acceptors (Lipinski definition) is 5. The Balaban J connectivity index is 2.05. The molecule has 0 fully saturated rings. The molecule has 1 aliphatic carbocycles. The van der Waals surface area contributed by atoms with Gasteiger partial charge < -0.3 is 15.2 Å². The highest BCUT2D eigenvalue weighted by atomic mass is 16.5. The van der Waals surface area contributed by atoms with Gasteiger partial charge in [0.15, 0.2) is 5.78 Å². The minimum atomic E-state index is -0.499. The third-order valence-electron chi connectivity index (χ3n) is 4.66. The van der Waals surface area contributed by atoms with Crippen LogP contribution in [0.2, 0.25) is 0 Å². The van der Waals surface area contributed by atoms with E-state index in [1.807, 2.05) is 38.1 Å². The summed E-state index contributed by atoms with van der Waals surface area (Å²) in [5.41, 5.74) is 7.46. The Bertz CT molecular complexity index is 854. The van der Waals surface area contributed by atoms with Gasteiger partial charge in [0.2, 0.25) is 5.88 Å². The van der Waals surface area contributed by atoms with Gasteiger partial charge >= 0.3 is 0 Å². The summed E-state index contributed by atoms with van der Waals surface area (Å²) in [5.74, 6) is 0.865. The summed E-state index contributed by atoms with van der Waals surface area (Å²) in [5, 5.41) is 9.61. The Morgan fingerprint density at radius 2 is 2.08 bits per heavy atom. The van der Waals surface area contributed by atoms with Crippen molar-refractivity contribution in [3.8, 4) is 11.8 Å². The lowest BCUT2D eigenvalue weighted by molar-refractivity contribution is -0.119. The van der Waals surface area contributed by atoms with E-state index in [1.54, 1.807) is 6.08 Å². The largest absolute Gasteiger partial charge is 0.490 e. The van der Waals surface area contributed by atoms with Gasteiger partial charge in [-0.3, -0.25) is 4.79 Å². The van der Waals surface area contributed by atoms with Crippen molar-refractivity contribution in [1.82, 2.24) is 0 Å². The predicted molar refractivity (Wildman–Crippen MR) is 97.8 cm³/mol. The quantitative estimate of drug-likeness (QED) is 0.837. The van der Waals surface area contributed by atoms with E-state index in [-0.39, 0.29) is 22.7 Å². The molecule has 0 radical (unpaired) electrons. The average molecular weight is 350 g/mol. The van der Waals surface area contributed by atoms with Crippen LogP contribution in [0.3, 0.4) is 0 Å². The lowest BCUT2D eigenvalue weighted by Gasteiger charge is -2.37. The molecule has 1 heterocycles. The fourth-order valence-corrected chi connectivity index (χ4v) is 3.53. The van der Waals surface area contributed by atoms with Gasteiger partial charge in [-0.1, -0.05) is 38.6 Å². The van der Waals surface area contributed by atoms with E-state index < -0.39 is 5.92 Å². The highest BCUT2D eigenvalue weighted by Gasteiger charge is 2.42. The summed E-state index contributed by atoms with van der Waals surface area (Å²) >= 11 is 0. The van der Waals surface area contributed by atoms with Crippen LogP contribution in [0.15, 0.2) is 59.7 Å². The number of rotatable bonds is 4. The SMILES string of the molecule is C=CCOc1ccc([C@@H]2C(C#N)=C(N)OC3=C2C(=O)CC(C)(C)C3)cc1. The number of carbonyl (C=O) groups is 1. The maximum atomic E-state index is 12.9. The van der Waals surface area contributed by atoms with Crippen LogP contribution in [0.5, 0.6) is 5.75 Å². The van der Waals surface area contributed by atoms with E-state index in [0.29, 0.717) is 36.5 Å². The van der Waals surface area contributed by atoms with E-state index in [9.17, 15) is 10.1 Å². The molecule has 2 aliphatic rings. The molecule has 1 atom stereocenters. The molecule has 1 aromatic carbocycles. The van der Waals surface area contributed by atoms with Gasteiger partial charge in [-0.15, -0.1) is 0 Å². The van der Waals surface area contributed by atoms with Gasteiger partial charge in [0, 0.05) is 18.4 Å². The molecule has 0 unspecified atom stereocenters. The van der Waals surface area contributed by atoms with Crippen molar-refractivity contribution in [2.24, 2.45) is 11.1 Å². The van der Waals surface area contributed by atoms with Gasteiger partial charge in [-0.2, -0.15) is 5.26 Å². The van der Waals surface area contributed by atoms with Gasteiger partial charge in [0.25, 0.3) is 0 Å². The Labute approximate surface area is 153 Å². The van der Waals surface area contributed by atoms with Crippen molar-refractivity contribution in [3.63, 3.8) is 0 Å². The third kappa shape index (κ3) is 3.23. The monoisotopic (exact) mass is 350 g/mol. The van der Waals surface area contributed by atoms with Gasteiger partial charge in [-0.25, -0.2) is 0 Å². The van der Waals surface area contributed by atoms with Crippen molar-refractivity contribution in [2.45, 2.75) is 32.6 Å². The molecule has 3 rings (SSSR count). The van der Waals surface area contributed by atoms with Crippen LogP contribution in [-0.4, -0.2) is 12.4 Å². The molecule has 1 aliphatic heterocycles. The fourth-order valence-electron chi connectivity index (χ4n) is 3.53. The molecule has 0 saturated heterocycles. The number of Topliss-reactive ketones (excluding diaryl/α,β-unsaturated/α-hetero) is 1. The molecule has 1 aromatic rings. The van der Waals surface area contributed by atoms with Crippen LogP contribution in [-0.2, 0) is 9.53 Å². The second-order valence-electron chi connectivity index (χ2n) is 7.37. The van der Waals surface area contributed by atoms with Crippen LogP contribution in [0.1, 0.15) is 38.2 Å². The van der Waals surface area contributed by atoms with E-state index in [4.69, 9.17) is 15.2 Å². The second kappa shape index (κ2) is 6.72. The van der Waals surface area contributed by atoms with Crippen LogP contribution < -0.4 is 10.5 Å². The zero-order valence-corrected chi connectivity index (χ0v) is 15.0. The van der Waals surface area contributed by atoms with E-state index in [2.05, 4.69) is 12.6 Å². The van der Waals surface area contributed by atoms with E-state index in [0.717, 1.165) is 5.56 Å². The molecular formula is C21H22N2O3. The lowest BCUT2D eigenvalue weighted by Crippen LogP contribution is -2.33. The molecule has 0 spiro atoms. The average Bonchev–Trinajstić information content (AvgIpc) is 2.58. The second-order valence-corrected chi connectivity index (χ2v) is 7.37. The Kier molecular flexibility index (Phi) is 4.60. The van der Waals surface area contributed by atoms with E-state index in [1.165, 1.54) is 0 Å². The number of ketones is 1. The number of hydrogen-bond donors (Lipinski definition) is 1. The number of nitrogens with zero attached hydrogens (tertiary/aromatic N) is 1.